The Hall–Kier alpha value is -5.13. The average Bonchev–Trinajstić information content (AvgIpc) is 3.22. The second-order valence-corrected chi connectivity index (χ2v) is 14.3. The second-order valence-electron chi connectivity index (χ2n) is 13.2. The lowest BCUT2D eigenvalue weighted by Crippen LogP contribution is -2.47. The standard InChI is InChI=1S/C44H46N2O7S/c1-29-39(28-54-40-18-8-7-17-38(40)50-2)52-43(53-41(29)33-21-19-31(27-47)20-22-33)36-16-10-15-35(25-36)34-14-9-13-32(23-34)26-45-44(49)46-37(42(48)51-3)24-30-11-5-4-6-12-30/h4-23,25,29,37,39,41,43,47H,24,26-28H2,1-3H3,(H2,45,46,49)/t29-,37-,39+,41+,43+/m0/s1. The van der Waals surface area contributed by atoms with Gasteiger partial charge in [0.1, 0.15) is 11.8 Å². The largest absolute Gasteiger partial charge is 0.496 e. The second kappa shape index (κ2) is 18.8. The van der Waals surface area contributed by atoms with Gasteiger partial charge >= 0.3 is 12.0 Å². The Morgan fingerprint density at radius 3 is 2.22 bits per heavy atom. The number of esters is 1. The summed E-state index contributed by atoms with van der Waals surface area (Å²) in [5, 5.41) is 15.3. The molecule has 9 nitrogen and oxygen atoms in total. The fraction of sp³-hybridized carbons (Fsp3) is 0.273. The molecular weight excluding hydrogens is 701 g/mol. The molecule has 1 heterocycles. The molecule has 0 aliphatic carbocycles. The molecule has 5 atom stereocenters. The average molecular weight is 747 g/mol. The Bertz CT molecular complexity index is 1990. The summed E-state index contributed by atoms with van der Waals surface area (Å²) in [5.41, 5.74) is 6.51. The molecule has 6 rings (SSSR count). The SMILES string of the molecule is COC(=O)[C@H](Cc1ccccc1)NC(=O)NCc1cccc(-c2cccc([C@@H]3O[C@H](CSc4ccccc4OC)[C@H](C)[C@H](c4ccc(CO)cc4)O3)c2)c1. The molecular formula is C44H46N2O7S. The van der Waals surface area contributed by atoms with Crippen LogP contribution in [0.5, 0.6) is 5.75 Å². The van der Waals surface area contributed by atoms with E-state index in [-0.39, 0.29) is 31.3 Å². The molecule has 0 saturated carbocycles. The predicted octanol–water partition coefficient (Wildman–Crippen LogP) is 8.02. The van der Waals surface area contributed by atoms with Crippen LogP contribution in [0.15, 0.2) is 132 Å². The van der Waals surface area contributed by atoms with Gasteiger partial charge in [-0.05, 0) is 57.6 Å². The van der Waals surface area contributed by atoms with Gasteiger partial charge in [0.2, 0.25) is 0 Å². The number of benzene rings is 5. The van der Waals surface area contributed by atoms with Gasteiger partial charge in [0.05, 0.1) is 33.0 Å². The van der Waals surface area contributed by atoms with Gasteiger partial charge in [-0.15, -0.1) is 11.8 Å². The van der Waals surface area contributed by atoms with Crippen molar-refractivity contribution >= 4 is 23.8 Å². The van der Waals surface area contributed by atoms with E-state index < -0.39 is 24.3 Å². The third kappa shape index (κ3) is 9.89. The van der Waals surface area contributed by atoms with E-state index in [2.05, 4.69) is 29.7 Å². The highest BCUT2D eigenvalue weighted by molar-refractivity contribution is 7.99. The molecule has 0 aromatic heterocycles. The number of carbonyl (C=O) groups excluding carboxylic acids is 2. The molecule has 2 amide bonds. The van der Waals surface area contributed by atoms with E-state index >= 15 is 0 Å². The number of para-hydroxylation sites is 1. The lowest BCUT2D eigenvalue weighted by atomic mass is 9.91. The van der Waals surface area contributed by atoms with E-state index in [1.165, 1.54) is 7.11 Å². The number of hydrogen-bond donors (Lipinski definition) is 3. The molecule has 54 heavy (non-hydrogen) atoms. The lowest BCUT2D eigenvalue weighted by Gasteiger charge is -2.41. The summed E-state index contributed by atoms with van der Waals surface area (Å²) in [6.07, 6.45) is -0.690. The molecule has 1 fully saturated rings. The number of aliphatic hydroxyl groups is 1. The van der Waals surface area contributed by atoms with Crippen LogP contribution in [0.1, 0.15) is 47.1 Å². The number of urea groups is 1. The molecule has 0 unspecified atom stereocenters. The summed E-state index contributed by atoms with van der Waals surface area (Å²) in [6.45, 7) is 2.39. The van der Waals surface area contributed by atoms with Crippen LogP contribution >= 0.6 is 11.8 Å². The highest BCUT2D eigenvalue weighted by Crippen LogP contribution is 2.44. The van der Waals surface area contributed by atoms with Crippen LogP contribution < -0.4 is 15.4 Å². The molecule has 280 valence electrons. The number of amides is 2. The van der Waals surface area contributed by atoms with Gasteiger partial charge in [0, 0.05) is 35.1 Å². The number of ether oxygens (including phenoxy) is 4. The Labute approximate surface area is 321 Å². The highest BCUT2D eigenvalue weighted by Gasteiger charge is 2.38. The Morgan fingerprint density at radius 1 is 0.778 bits per heavy atom. The fourth-order valence-corrected chi connectivity index (χ4v) is 7.72. The normalized spacial score (nSPS) is 18.7. The van der Waals surface area contributed by atoms with E-state index in [0.717, 1.165) is 49.6 Å². The zero-order chi connectivity index (χ0) is 37.9. The molecule has 5 aromatic rings. The molecule has 1 aliphatic heterocycles. The van der Waals surface area contributed by atoms with Crippen LogP contribution in [0.3, 0.4) is 0 Å². The molecule has 5 aromatic carbocycles. The Morgan fingerprint density at radius 2 is 1.48 bits per heavy atom. The number of rotatable bonds is 14. The van der Waals surface area contributed by atoms with Gasteiger partial charge < -0.3 is 34.7 Å². The van der Waals surface area contributed by atoms with E-state index in [4.69, 9.17) is 18.9 Å². The summed E-state index contributed by atoms with van der Waals surface area (Å²) in [5.74, 6) is 1.05. The summed E-state index contributed by atoms with van der Waals surface area (Å²) in [4.78, 5) is 26.4. The van der Waals surface area contributed by atoms with Gasteiger partial charge in [0.25, 0.3) is 0 Å². The van der Waals surface area contributed by atoms with Crippen molar-refractivity contribution < 1.29 is 33.6 Å². The van der Waals surface area contributed by atoms with Crippen molar-refractivity contribution in [1.82, 2.24) is 10.6 Å². The van der Waals surface area contributed by atoms with E-state index in [1.807, 2.05) is 115 Å². The maximum Gasteiger partial charge on any atom is 0.328 e. The van der Waals surface area contributed by atoms with Crippen LogP contribution in [-0.2, 0) is 38.6 Å². The number of carbonyl (C=O) groups is 2. The fourth-order valence-electron chi connectivity index (χ4n) is 6.52. The molecule has 0 spiro atoms. The smallest absolute Gasteiger partial charge is 0.328 e. The first-order valence-electron chi connectivity index (χ1n) is 18.0. The number of aliphatic hydroxyl groups excluding tert-OH is 1. The molecule has 0 bridgehead atoms. The van der Waals surface area contributed by atoms with Crippen molar-refractivity contribution in [2.45, 2.75) is 55.9 Å². The van der Waals surface area contributed by atoms with Gasteiger partial charge in [-0.25, -0.2) is 9.59 Å². The van der Waals surface area contributed by atoms with Crippen LogP contribution in [0, 0.1) is 5.92 Å². The third-order valence-corrected chi connectivity index (χ3v) is 10.7. The van der Waals surface area contributed by atoms with Crippen LogP contribution in [0.2, 0.25) is 0 Å². The van der Waals surface area contributed by atoms with Crippen LogP contribution in [-0.4, -0.2) is 49.2 Å². The van der Waals surface area contributed by atoms with E-state index in [1.54, 1.807) is 18.9 Å². The first kappa shape index (κ1) is 38.6. The summed E-state index contributed by atoms with van der Waals surface area (Å²) < 4.78 is 24.0. The Balaban J connectivity index is 1.17. The summed E-state index contributed by atoms with van der Waals surface area (Å²) >= 11 is 1.70. The monoisotopic (exact) mass is 746 g/mol. The molecule has 10 heteroatoms. The van der Waals surface area contributed by atoms with Gasteiger partial charge in [0.15, 0.2) is 6.29 Å². The molecule has 0 radical (unpaired) electrons. The molecule has 1 aliphatic rings. The van der Waals surface area contributed by atoms with Crippen molar-refractivity contribution in [3.63, 3.8) is 0 Å². The van der Waals surface area contributed by atoms with Crippen molar-refractivity contribution in [1.29, 1.82) is 0 Å². The van der Waals surface area contributed by atoms with Crippen molar-refractivity contribution in [3.05, 3.63) is 155 Å². The minimum Gasteiger partial charge on any atom is -0.496 e. The van der Waals surface area contributed by atoms with Crippen molar-refractivity contribution in [2.75, 3.05) is 20.0 Å². The first-order valence-corrected chi connectivity index (χ1v) is 19.0. The predicted molar refractivity (Wildman–Crippen MR) is 210 cm³/mol. The maximum absolute atomic E-state index is 12.9. The van der Waals surface area contributed by atoms with Gasteiger partial charge in [-0.2, -0.15) is 0 Å². The number of nitrogens with one attached hydrogen (secondary N) is 2. The van der Waals surface area contributed by atoms with Crippen LogP contribution in [0.25, 0.3) is 11.1 Å². The number of thioether (sulfide) groups is 1. The maximum atomic E-state index is 12.9. The molecule has 1 saturated heterocycles. The van der Waals surface area contributed by atoms with E-state index in [9.17, 15) is 14.7 Å². The van der Waals surface area contributed by atoms with Gasteiger partial charge in [-0.1, -0.05) is 110 Å². The third-order valence-electron chi connectivity index (χ3n) is 9.54. The van der Waals surface area contributed by atoms with E-state index in [0.29, 0.717) is 12.2 Å². The van der Waals surface area contributed by atoms with Crippen LogP contribution in [0.4, 0.5) is 4.79 Å². The van der Waals surface area contributed by atoms with Gasteiger partial charge in [-0.3, -0.25) is 0 Å². The highest BCUT2D eigenvalue weighted by atomic mass is 32.2. The minimum atomic E-state index is -0.822. The topological polar surface area (TPSA) is 115 Å². The number of methoxy groups -OCH3 is 2. The lowest BCUT2D eigenvalue weighted by molar-refractivity contribution is -0.268. The number of hydrogen-bond acceptors (Lipinski definition) is 8. The zero-order valence-electron chi connectivity index (χ0n) is 30.6. The summed E-state index contributed by atoms with van der Waals surface area (Å²) in [6, 6.07) is 40.2. The zero-order valence-corrected chi connectivity index (χ0v) is 31.5. The minimum absolute atomic E-state index is 0.0207. The molecule has 3 N–H and O–H groups in total. The quantitative estimate of drug-likeness (QED) is 0.0774. The van der Waals surface area contributed by atoms with Crippen molar-refractivity contribution in [3.8, 4) is 16.9 Å². The van der Waals surface area contributed by atoms with Crippen molar-refractivity contribution in [2.24, 2.45) is 5.92 Å². The Kier molecular flexibility index (Phi) is 13.4. The first-order chi connectivity index (χ1) is 26.3. The summed E-state index contributed by atoms with van der Waals surface area (Å²) in [7, 11) is 2.99.